The van der Waals surface area contributed by atoms with Crippen LogP contribution in [0.3, 0.4) is 0 Å². The molecule has 0 aliphatic carbocycles. The van der Waals surface area contributed by atoms with Gasteiger partial charge in [-0.25, -0.2) is 14.6 Å². The van der Waals surface area contributed by atoms with Gasteiger partial charge < -0.3 is 4.74 Å². The number of hydrazone groups is 1. The van der Waals surface area contributed by atoms with Gasteiger partial charge in [0.1, 0.15) is 11.6 Å². The summed E-state index contributed by atoms with van der Waals surface area (Å²) < 4.78 is 18.7. The normalized spacial score (nSPS) is 10.9. The Kier molecular flexibility index (Phi) is 6.24. The number of nitrogens with zero attached hydrogens (tertiary/aromatic N) is 1. The van der Waals surface area contributed by atoms with Gasteiger partial charge in [-0.05, 0) is 53.2 Å². The minimum absolute atomic E-state index is 0.231. The van der Waals surface area contributed by atoms with Gasteiger partial charge in [-0.3, -0.25) is 4.79 Å². The molecule has 32 heavy (non-hydrogen) atoms. The first-order valence-electron chi connectivity index (χ1n) is 9.60. The molecule has 0 atom stereocenters. The maximum atomic E-state index is 13.1. The fourth-order valence-electron chi connectivity index (χ4n) is 3.10. The predicted molar refractivity (Wildman–Crippen MR) is 122 cm³/mol. The standard InChI is InChI=1S/C25H16ClFN2O3/c26-22-8-4-3-7-20(22)25(31)32-23-14-11-16-5-1-2-6-19(16)21(23)15-28-29-24(30)17-9-12-18(27)13-10-17/h1-15H,(H,29,30). The third-order valence-corrected chi connectivity index (χ3v) is 5.02. The number of halogens is 2. The molecule has 4 aromatic rings. The molecule has 0 bridgehead atoms. The van der Waals surface area contributed by atoms with E-state index in [0.29, 0.717) is 5.56 Å². The average Bonchev–Trinajstić information content (AvgIpc) is 2.80. The van der Waals surface area contributed by atoms with Crippen LogP contribution < -0.4 is 10.2 Å². The van der Waals surface area contributed by atoms with Gasteiger partial charge in [-0.1, -0.05) is 54.1 Å². The summed E-state index contributed by atoms with van der Waals surface area (Å²) in [5.74, 6) is -1.30. The molecule has 0 unspecified atom stereocenters. The van der Waals surface area contributed by atoms with Crippen molar-refractivity contribution in [1.29, 1.82) is 0 Å². The lowest BCUT2D eigenvalue weighted by Crippen LogP contribution is -2.17. The van der Waals surface area contributed by atoms with E-state index in [1.165, 1.54) is 30.5 Å². The van der Waals surface area contributed by atoms with Crippen LogP contribution in [-0.2, 0) is 0 Å². The molecule has 0 spiro atoms. The monoisotopic (exact) mass is 446 g/mol. The van der Waals surface area contributed by atoms with Gasteiger partial charge in [0.2, 0.25) is 0 Å². The fraction of sp³-hybridized carbons (Fsp3) is 0. The minimum Gasteiger partial charge on any atom is -0.422 e. The summed E-state index contributed by atoms with van der Waals surface area (Å²) in [4.78, 5) is 24.9. The number of carbonyl (C=O) groups excluding carboxylic acids is 2. The van der Waals surface area contributed by atoms with Crippen molar-refractivity contribution < 1.29 is 18.7 Å². The van der Waals surface area contributed by atoms with Gasteiger partial charge in [0, 0.05) is 11.1 Å². The SMILES string of the molecule is O=C(NN=Cc1c(OC(=O)c2ccccc2Cl)ccc2ccccc12)c1ccc(F)cc1. The van der Waals surface area contributed by atoms with E-state index < -0.39 is 17.7 Å². The molecule has 0 heterocycles. The number of carbonyl (C=O) groups is 2. The Morgan fingerprint density at radius 1 is 0.906 bits per heavy atom. The first-order valence-corrected chi connectivity index (χ1v) is 9.98. The van der Waals surface area contributed by atoms with E-state index in [1.807, 2.05) is 30.3 Å². The van der Waals surface area contributed by atoms with Gasteiger partial charge in [-0.2, -0.15) is 5.10 Å². The predicted octanol–water partition coefficient (Wildman–Crippen LogP) is 5.62. The molecule has 1 amide bonds. The van der Waals surface area contributed by atoms with Gasteiger partial charge in [0.15, 0.2) is 0 Å². The van der Waals surface area contributed by atoms with Crippen molar-refractivity contribution in [3.05, 3.63) is 112 Å². The number of amides is 1. The van der Waals surface area contributed by atoms with Crippen molar-refractivity contribution >= 4 is 40.5 Å². The lowest BCUT2D eigenvalue weighted by atomic mass is 10.0. The van der Waals surface area contributed by atoms with Crippen LogP contribution in [0.5, 0.6) is 5.75 Å². The topological polar surface area (TPSA) is 67.8 Å². The zero-order chi connectivity index (χ0) is 22.5. The number of esters is 1. The van der Waals surface area contributed by atoms with Crippen molar-refractivity contribution in [1.82, 2.24) is 5.43 Å². The van der Waals surface area contributed by atoms with E-state index in [1.54, 1.807) is 30.3 Å². The molecule has 0 saturated heterocycles. The summed E-state index contributed by atoms with van der Waals surface area (Å²) >= 11 is 6.11. The number of fused-ring (bicyclic) bond motifs is 1. The minimum atomic E-state index is -0.615. The smallest absolute Gasteiger partial charge is 0.345 e. The fourth-order valence-corrected chi connectivity index (χ4v) is 3.31. The Morgan fingerprint density at radius 3 is 2.41 bits per heavy atom. The van der Waals surface area contributed by atoms with Crippen molar-refractivity contribution in [2.45, 2.75) is 0 Å². The molecule has 0 aliphatic heterocycles. The van der Waals surface area contributed by atoms with Crippen LogP contribution in [0.15, 0.2) is 90.0 Å². The molecular formula is C25H16ClFN2O3. The third-order valence-electron chi connectivity index (χ3n) is 4.69. The zero-order valence-corrected chi connectivity index (χ0v) is 17.3. The highest BCUT2D eigenvalue weighted by Gasteiger charge is 2.16. The molecule has 0 saturated carbocycles. The molecule has 0 fully saturated rings. The second-order valence-corrected chi connectivity index (χ2v) is 7.18. The Balaban J connectivity index is 1.63. The van der Waals surface area contributed by atoms with E-state index in [2.05, 4.69) is 10.5 Å². The van der Waals surface area contributed by atoms with Gasteiger partial charge in [0.05, 0.1) is 16.8 Å². The Hall–Kier alpha value is -4.03. The molecule has 0 aliphatic rings. The summed E-state index contributed by atoms with van der Waals surface area (Å²) in [5, 5.41) is 5.97. The lowest BCUT2D eigenvalue weighted by Gasteiger charge is -2.11. The number of hydrogen-bond acceptors (Lipinski definition) is 4. The lowest BCUT2D eigenvalue weighted by molar-refractivity contribution is 0.0734. The summed E-state index contributed by atoms with van der Waals surface area (Å²) in [6, 6.07) is 22.6. The van der Waals surface area contributed by atoms with Gasteiger partial charge >= 0.3 is 5.97 Å². The molecule has 4 rings (SSSR count). The number of benzene rings is 4. The van der Waals surface area contributed by atoms with Crippen LogP contribution in [0, 0.1) is 5.82 Å². The van der Waals surface area contributed by atoms with E-state index in [0.717, 1.165) is 10.8 Å². The molecular weight excluding hydrogens is 431 g/mol. The van der Waals surface area contributed by atoms with Crippen LogP contribution >= 0.6 is 11.6 Å². The second-order valence-electron chi connectivity index (χ2n) is 6.77. The molecule has 0 radical (unpaired) electrons. The highest BCUT2D eigenvalue weighted by Crippen LogP contribution is 2.28. The Bertz CT molecular complexity index is 1340. The number of rotatable bonds is 5. The molecule has 0 aromatic heterocycles. The largest absolute Gasteiger partial charge is 0.422 e. The average molecular weight is 447 g/mol. The maximum Gasteiger partial charge on any atom is 0.345 e. The molecule has 7 heteroatoms. The summed E-state index contributed by atoms with van der Waals surface area (Å²) in [6.07, 6.45) is 1.40. The van der Waals surface area contributed by atoms with Crippen LogP contribution in [0.1, 0.15) is 26.3 Å². The zero-order valence-electron chi connectivity index (χ0n) is 16.6. The van der Waals surface area contributed by atoms with E-state index in [9.17, 15) is 14.0 Å². The molecule has 5 nitrogen and oxygen atoms in total. The highest BCUT2D eigenvalue weighted by atomic mass is 35.5. The molecule has 158 valence electrons. The maximum absolute atomic E-state index is 13.1. The summed E-state index contributed by atoms with van der Waals surface area (Å²) in [5.41, 5.74) is 3.39. The number of nitrogens with one attached hydrogen (secondary N) is 1. The Morgan fingerprint density at radius 2 is 1.62 bits per heavy atom. The van der Waals surface area contributed by atoms with Crippen LogP contribution in [0.4, 0.5) is 4.39 Å². The van der Waals surface area contributed by atoms with Crippen molar-refractivity contribution in [2.24, 2.45) is 5.10 Å². The quantitative estimate of drug-likeness (QED) is 0.187. The van der Waals surface area contributed by atoms with Crippen molar-refractivity contribution in [2.75, 3.05) is 0 Å². The molecule has 4 aromatic carbocycles. The van der Waals surface area contributed by atoms with E-state index in [-0.39, 0.29) is 21.9 Å². The second kappa shape index (κ2) is 9.41. The number of ether oxygens (including phenoxy) is 1. The number of hydrogen-bond donors (Lipinski definition) is 1. The Labute approximate surface area is 188 Å². The van der Waals surface area contributed by atoms with Crippen molar-refractivity contribution in [3.63, 3.8) is 0 Å². The summed E-state index contributed by atoms with van der Waals surface area (Å²) in [6.45, 7) is 0. The molecule has 1 N–H and O–H groups in total. The van der Waals surface area contributed by atoms with E-state index >= 15 is 0 Å². The van der Waals surface area contributed by atoms with Crippen LogP contribution in [0.2, 0.25) is 5.02 Å². The highest BCUT2D eigenvalue weighted by molar-refractivity contribution is 6.33. The van der Waals surface area contributed by atoms with E-state index in [4.69, 9.17) is 16.3 Å². The first kappa shape index (κ1) is 21.2. The third kappa shape index (κ3) is 4.66. The van der Waals surface area contributed by atoms with Crippen molar-refractivity contribution in [3.8, 4) is 5.75 Å². The van der Waals surface area contributed by atoms with Gasteiger partial charge in [0.25, 0.3) is 5.91 Å². The first-order chi connectivity index (χ1) is 15.5. The van der Waals surface area contributed by atoms with Gasteiger partial charge in [-0.15, -0.1) is 0 Å². The van der Waals surface area contributed by atoms with Crippen LogP contribution in [-0.4, -0.2) is 18.1 Å². The summed E-state index contributed by atoms with van der Waals surface area (Å²) in [7, 11) is 0. The van der Waals surface area contributed by atoms with Crippen LogP contribution in [0.25, 0.3) is 10.8 Å².